The monoisotopic (exact) mass is 334 g/mol. The summed E-state index contributed by atoms with van der Waals surface area (Å²) < 4.78 is 35.2. The highest BCUT2D eigenvalue weighted by atomic mass is 32.2. The van der Waals surface area contributed by atoms with Crippen LogP contribution in [0.3, 0.4) is 0 Å². The number of halogens is 1. The number of carbonyl (C=O) groups excluding carboxylic acids is 1. The van der Waals surface area contributed by atoms with Crippen LogP contribution < -0.4 is 11.1 Å². The van der Waals surface area contributed by atoms with Gasteiger partial charge in [-0.1, -0.05) is 0 Å². The summed E-state index contributed by atoms with van der Waals surface area (Å²) in [7, 11) is -2.93. The maximum absolute atomic E-state index is 13.4. The number of benzene rings is 1. The maximum atomic E-state index is 13.4. The number of rotatable bonds is 8. The summed E-state index contributed by atoms with van der Waals surface area (Å²) in [5, 5.41) is 2.47. The number of amides is 1. The van der Waals surface area contributed by atoms with Crippen molar-refractivity contribution < 1.29 is 17.6 Å². The Bertz CT molecular complexity index is 591. The maximum Gasteiger partial charge on any atom is 0.224 e. The largest absolute Gasteiger partial charge is 0.399 e. The summed E-state index contributed by atoms with van der Waals surface area (Å²) in [6.45, 7) is 0. The Balaban J connectivity index is 2.24. The molecule has 1 rings (SSSR count). The minimum Gasteiger partial charge on any atom is -0.399 e. The van der Waals surface area contributed by atoms with Gasteiger partial charge < -0.3 is 11.1 Å². The SMILES string of the molecule is CS(=O)(=O)CCSCCCC(=O)Nc1cc(N)ccc1F. The quantitative estimate of drug-likeness (QED) is 0.560. The minimum absolute atomic E-state index is 0.0738. The van der Waals surface area contributed by atoms with E-state index in [1.807, 2.05) is 0 Å². The van der Waals surface area contributed by atoms with Crippen molar-refractivity contribution in [3.8, 4) is 0 Å². The number of anilines is 2. The van der Waals surface area contributed by atoms with Crippen LogP contribution in [0.1, 0.15) is 12.8 Å². The Morgan fingerprint density at radius 1 is 1.38 bits per heavy atom. The van der Waals surface area contributed by atoms with Crippen molar-refractivity contribution in [3.63, 3.8) is 0 Å². The smallest absolute Gasteiger partial charge is 0.224 e. The van der Waals surface area contributed by atoms with E-state index in [0.717, 1.165) is 0 Å². The zero-order chi connectivity index (χ0) is 15.9. The van der Waals surface area contributed by atoms with Gasteiger partial charge in [0.05, 0.1) is 11.4 Å². The van der Waals surface area contributed by atoms with E-state index < -0.39 is 15.7 Å². The van der Waals surface area contributed by atoms with E-state index in [4.69, 9.17) is 5.73 Å². The molecule has 1 aromatic carbocycles. The highest BCUT2D eigenvalue weighted by Crippen LogP contribution is 2.17. The Kier molecular flexibility index (Phi) is 6.97. The van der Waals surface area contributed by atoms with Crippen LogP contribution in [0, 0.1) is 5.82 Å². The molecule has 0 aliphatic carbocycles. The van der Waals surface area contributed by atoms with E-state index in [1.165, 1.54) is 36.2 Å². The molecule has 3 N–H and O–H groups in total. The molecule has 5 nitrogen and oxygen atoms in total. The van der Waals surface area contributed by atoms with E-state index >= 15 is 0 Å². The topological polar surface area (TPSA) is 89.3 Å². The minimum atomic E-state index is -2.93. The van der Waals surface area contributed by atoms with Crippen LogP contribution in [-0.2, 0) is 14.6 Å². The number of nitrogens with two attached hydrogens (primary N) is 1. The third-order valence-electron chi connectivity index (χ3n) is 2.56. The molecule has 0 aliphatic heterocycles. The summed E-state index contributed by atoms with van der Waals surface area (Å²) in [6.07, 6.45) is 2.05. The Morgan fingerprint density at radius 3 is 2.76 bits per heavy atom. The predicted octanol–water partition coefficient (Wildman–Crippen LogP) is 1.90. The van der Waals surface area contributed by atoms with Crippen molar-refractivity contribution >= 4 is 38.9 Å². The highest BCUT2D eigenvalue weighted by Gasteiger charge is 2.07. The fourth-order valence-corrected chi connectivity index (χ4v) is 3.73. The van der Waals surface area contributed by atoms with Crippen molar-refractivity contribution in [1.82, 2.24) is 0 Å². The van der Waals surface area contributed by atoms with Crippen LogP contribution in [0.5, 0.6) is 0 Å². The van der Waals surface area contributed by atoms with E-state index in [0.29, 0.717) is 23.6 Å². The van der Waals surface area contributed by atoms with Crippen molar-refractivity contribution in [2.75, 3.05) is 34.6 Å². The van der Waals surface area contributed by atoms with Crippen molar-refractivity contribution in [2.24, 2.45) is 0 Å². The predicted molar refractivity (Wildman–Crippen MR) is 85.7 cm³/mol. The van der Waals surface area contributed by atoms with Crippen LogP contribution in [-0.4, -0.2) is 37.8 Å². The van der Waals surface area contributed by atoms with Crippen LogP contribution in [0.2, 0.25) is 0 Å². The Labute approximate surface area is 128 Å². The number of nitrogen functional groups attached to an aromatic ring is 1. The first kappa shape index (κ1) is 17.8. The summed E-state index contributed by atoms with van der Waals surface area (Å²) in [5.74, 6) is 0.522. The van der Waals surface area contributed by atoms with E-state index in [9.17, 15) is 17.6 Å². The van der Waals surface area contributed by atoms with Gasteiger partial charge in [0.1, 0.15) is 15.7 Å². The number of hydrogen-bond acceptors (Lipinski definition) is 5. The van der Waals surface area contributed by atoms with Gasteiger partial charge in [-0.15, -0.1) is 0 Å². The van der Waals surface area contributed by atoms with Crippen LogP contribution in [0.15, 0.2) is 18.2 Å². The highest BCUT2D eigenvalue weighted by molar-refractivity contribution is 8.00. The molecule has 0 atom stereocenters. The molecule has 0 aliphatic rings. The van der Waals surface area contributed by atoms with E-state index in [1.54, 1.807) is 0 Å². The second kappa shape index (κ2) is 8.23. The van der Waals surface area contributed by atoms with E-state index in [2.05, 4.69) is 5.32 Å². The molecule has 1 aromatic rings. The van der Waals surface area contributed by atoms with Crippen molar-refractivity contribution in [2.45, 2.75) is 12.8 Å². The molecule has 0 bridgehead atoms. The standard InChI is InChI=1S/C13H19FN2O3S2/c1-21(18,19)8-7-20-6-2-3-13(17)16-12-9-10(15)4-5-11(12)14/h4-5,9H,2-3,6-8,15H2,1H3,(H,16,17). The second-order valence-corrected chi connectivity index (χ2v) is 8.12. The third-order valence-corrected chi connectivity index (χ3v) is 4.83. The molecule has 8 heteroatoms. The molecular weight excluding hydrogens is 315 g/mol. The van der Waals surface area contributed by atoms with Gasteiger partial charge in [-0.2, -0.15) is 11.8 Å². The van der Waals surface area contributed by atoms with E-state index in [-0.39, 0.29) is 23.8 Å². The molecule has 0 saturated heterocycles. The summed E-state index contributed by atoms with van der Waals surface area (Å²) in [6, 6.07) is 3.99. The van der Waals surface area contributed by atoms with Gasteiger partial charge in [0, 0.05) is 24.1 Å². The summed E-state index contributed by atoms with van der Waals surface area (Å²) in [5.41, 5.74) is 5.97. The van der Waals surface area contributed by atoms with Crippen molar-refractivity contribution in [1.29, 1.82) is 0 Å². The number of carbonyl (C=O) groups is 1. The molecule has 0 saturated carbocycles. The lowest BCUT2D eigenvalue weighted by atomic mass is 10.2. The molecular formula is C13H19FN2O3S2. The molecule has 1 amide bonds. The van der Waals surface area contributed by atoms with Crippen molar-refractivity contribution in [3.05, 3.63) is 24.0 Å². The summed E-state index contributed by atoms with van der Waals surface area (Å²) in [4.78, 5) is 11.6. The van der Waals surface area contributed by atoms with Crippen LogP contribution in [0.4, 0.5) is 15.8 Å². The normalized spacial score (nSPS) is 11.3. The Hall–Kier alpha value is -1.28. The molecule has 0 radical (unpaired) electrons. The first-order chi connectivity index (χ1) is 9.78. The fourth-order valence-electron chi connectivity index (χ4n) is 1.50. The third kappa shape index (κ3) is 7.91. The molecule has 0 aromatic heterocycles. The first-order valence-electron chi connectivity index (χ1n) is 6.38. The average molecular weight is 334 g/mol. The lowest BCUT2D eigenvalue weighted by Gasteiger charge is -2.07. The number of nitrogens with one attached hydrogen (secondary N) is 1. The molecule has 0 fully saturated rings. The van der Waals surface area contributed by atoms with Gasteiger partial charge >= 0.3 is 0 Å². The summed E-state index contributed by atoms with van der Waals surface area (Å²) >= 11 is 1.48. The molecule has 0 spiro atoms. The number of sulfone groups is 1. The van der Waals surface area contributed by atoms with Gasteiger partial charge in [0.2, 0.25) is 5.91 Å². The van der Waals surface area contributed by atoms with Crippen LogP contribution >= 0.6 is 11.8 Å². The van der Waals surface area contributed by atoms with Gasteiger partial charge in [0.15, 0.2) is 0 Å². The zero-order valence-electron chi connectivity index (χ0n) is 11.8. The molecule has 0 unspecified atom stereocenters. The number of hydrogen-bond donors (Lipinski definition) is 2. The fraction of sp³-hybridized carbons (Fsp3) is 0.462. The molecule has 0 heterocycles. The Morgan fingerprint density at radius 2 is 2.10 bits per heavy atom. The second-order valence-electron chi connectivity index (χ2n) is 4.63. The molecule has 118 valence electrons. The van der Waals surface area contributed by atoms with Gasteiger partial charge in [-0.3, -0.25) is 4.79 Å². The molecule has 21 heavy (non-hydrogen) atoms. The average Bonchev–Trinajstić information content (AvgIpc) is 2.37. The first-order valence-corrected chi connectivity index (χ1v) is 9.60. The van der Waals surface area contributed by atoms with Gasteiger partial charge in [0.25, 0.3) is 0 Å². The lowest BCUT2D eigenvalue weighted by molar-refractivity contribution is -0.116. The van der Waals surface area contributed by atoms with Gasteiger partial charge in [-0.25, -0.2) is 12.8 Å². The van der Waals surface area contributed by atoms with Gasteiger partial charge in [-0.05, 0) is 30.4 Å². The van der Waals surface area contributed by atoms with Crippen LogP contribution in [0.25, 0.3) is 0 Å². The zero-order valence-corrected chi connectivity index (χ0v) is 13.4. The number of thioether (sulfide) groups is 1. The lowest BCUT2D eigenvalue weighted by Crippen LogP contribution is -2.13.